The molecule has 1 unspecified atom stereocenters. The van der Waals surface area contributed by atoms with Gasteiger partial charge in [-0.3, -0.25) is 14.5 Å². The zero-order valence-corrected chi connectivity index (χ0v) is 17.1. The number of amides is 1. The molecule has 0 bridgehead atoms. The van der Waals surface area contributed by atoms with Crippen LogP contribution in [0.3, 0.4) is 0 Å². The first-order valence-corrected chi connectivity index (χ1v) is 9.97. The molecule has 0 radical (unpaired) electrons. The van der Waals surface area contributed by atoms with Gasteiger partial charge in [-0.15, -0.1) is 0 Å². The fourth-order valence-electron chi connectivity index (χ4n) is 3.90. The first-order valence-electron chi connectivity index (χ1n) is 9.60. The third kappa shape index (κ3) is 2.75. The fourth-order valence-corrected chi connectivity index (χ4v) is 4.03. The summed E-state index contributed by atoms with van der Waals surface area (Å²) < 4.78 is 11.1. The molecule has 0 spiro atoms. The Bertz CT molecular complexity index is 1350. The van der Waals surface area contributed by atoms with Gasteiger partial charge in [0.1, 0.15) is 11.3 Å². The minimum absolute atomic E-state index is 0.0253. The van der Waals surface area contributed by atoms with Crippen LogP contribution in [0.5, 0.6) is 0 Å². The van der Waals surface area contributed by atoms with Crippen molar-refractivity contribution in [2.75, 3.05) is 4.90 Å². The number of aryl methyl sites for hydroxylation is 2. The maximum Gasteiger partial charge on any atom is 0.296 e. The van der Waals surface area contributed by atoms with Crippen LogP contribution in [-0.4, -0.2) is 11.1 Å². The van der Waals surface area contributed by atoms with Gasteiger partial charge in [0.25, 0.3) is 5.91 Å². The highest BCUT2D eigenvalue weighted by atomic mass is 35.5. The predicted octanol–water partition coefficient (Wildman–Crippen LogP) is 5.06. The van der Waals surface area contributed by atoms with E-state index >= 15 is 0 Å². The minimum Gasteiger partial charge on any atom is -0.450 e. The molecule has 7 heteroatoms. The highest BCUT2D eigenvalue weighted by molar-refractivity contribution is 6.30. The van der Waals surface area contributed by atoms with E-state index in [4.69, 9.17) is 20.5 Å². The zero-order chi connectivity index (χ0) is 21.0. The van der Waals surface area contributed by atoms with Gasteiger partial charge in [-0.1, -0.05) is 41.9 Å². The third-order valence-corrected chi connectivity index (χ3v) is 5.64. The predicted molar refractivity (Wildman–Crippen MR) is 113 cm³/mol. The van der Waals surface area contributed by atoms with Gasteiger partial charge in [0.15, 0.2) is 11.2 Å². The third-order valence-electron chi connectivity index (χ3n) is 5.39. The van der Waals surface area contributed by atoms with Crippen LogP contribution in [0.1, 0.15) is 46.0 Å². The average molecular weight is 421 g/mol. The Hall–Kier alpha value is -3.38. The summed E-state index contributed by atoms with van der Waals surface area (Å²) in [6, 6.07) is 13.5. The van der Waals surface area contributed by atoms with Crippen LogP contribution >= 0.6 is 11.6 Å². The van der Waals surface area contributed by atoms with E-state index in [-0.39, 0.29) is 11.2 Å². The second-order valence-electron chi connectivity index (χ2n) is 7.28. The molecule has 1 amide bonds. The Morgan fingerprint density at radius 1 is 1.10 bits per heavy atom. The van der Waals surface area contributed by atoms with E-state index in [9.17, 15) is 9.59 Å². The molecule has 150 valence electrons. The number of benzene rings is 2. The van der Waals surface area contributed by atoms with Crippen molar-refractivity contribution in [3.05, 3.63) is 92.0 Å². The van der Waals surface area contributed by atoms with Gasteiger partial charge < -0.3 is 8.94 Å². The smallest absolute Gasteiger partial charge is 0.296 e. The van der Waals surface area contributed by atoms with Gasteiger partial charge in [0.05, 0.1) is 17.0 Å². The van der Waals surface area contributed by atoms with Gasteiger partial charge in [0.2, 0.25) is 5.76 Å². The van der Waals surface area contributed by atoms with E-state index in [1.54, 1.807) is 43.3 Å². The molecule has 1 aliphatic heterocycles. The van der Waals surface area contributed by atoms with E-state index in [1.165, 1.54) is 4.90 Å². The molecule has 30 heavy (non-hydrogen) atoms. The summed E-state index contributed by atoms with van der Waals surface area (Å²) in [4.78, 5) is 28.4. The van der Waals surface area contributed by atoms with Crippen molar-refractivity contribution in [1.82, 2.24) is 5.16 Å². The number of halogens is 1. The fraction of sp³-hybridized carbons (Fsp3) is 0.174. The monoisotopic (exact) mass is 420 g/mol. The van der Waals surface area contributed by atoms with Gasteiger partial charge in [-0.25, -0.2) is 0 Å². The summed E-state index contributed by atoms with van der Waals surface area (Å²) in [5.74, 6) is 0.469. The maximum absolute atomic E-state index is 13.6. The normalized spacial score (nSPS) is 15.8. The molecular formula is C23H17ClN2O4. The lowest BCUT2D eigenvalue weighted by atomic mass is 9.98. The SMILES string of the molecule is CCc1ccc2oc3c(c(=O)c2c1)C(c1ccc(Cl)cc1)N(c1cc(C)on1)C3=O. The Labute approximate surface area is 176 Å². The summed E-state index contributed by atoms with van der Waals surface area (Å²) in [6.07, 6.45) is 0.788. The Balaban J connectivity index is 1.81. The van der Waals surface area contributed by atoms with Crippen LogP contribution in [0.15, 0.2) is 62.3 Å². The number of anilines is 1. The van der Waals surface area contributed by atoms with Crippen molar-refractivity contribution >= 4 is 34.3 Å². The summed E-state index contributed by atoms with van der Waals surface area (Å²) >= 11 is 6.06. The Kier molecular flexibility index (Phi) is 4.25. The van der Waals surface area contributed by atoms with Crippen molar-refractivity contribution in [2.24, 2.45) is 0 Å². The molecule has 0 aliphatic carbocycles. The van der Waals surface area contributed by atoms with Crippen molar-refractivity contribution < 1.29 is 13.7 Å². The Morgan fingerprint density at radius 2 is 1.87 bits per heavy atom. The molecule has 6 nitrogen and oxygen atoms in total. The number of hydrogen-bond donors (Lipinski definition) is 0. The molecular weight excluding hydrogens is 404 g/mol. The molecule has 0 fully saturated rings. The Morgan fingerprint density at radius 3 is 2.53 bits per heavy atom. The molecule has 4 aromatic rings. The summed E-state index contributed by atoms with van der Waals surface area (Å²) in [5.41, 5.74) is 2.20. The average Bonchev–Trinajstić information content (AvgIpc) is 3.30. The lowest BCUT2D eigenvalue weighted by Gasteiger charge is -2.22. The topological polar surface area (TPSA) is 76.6 Å². The number of nitrogens with zero attached hydrogens (tertiary/aromatic N) is 2. The van der Waals surface area contributed by atoms with Crippen LogP contribution in [0, 0.1) is 6.92 Å². The van der Waals surface area contributed by atoms with Gasteiger partial charge in [0, 0.05) is 11.1 Å². The van der Waals surface area contributed by atoms with Crippen molar-refractivity contribution in [2.45, 2.75) is 26.3 Å². The van der Waals surface area contributed by atoms with Crippen LogP contribution in [0.25, 0.3) is 11.0 Å². The molecule has 3 heterocycles. The molecule has 0 N–H and O–H groups in total. The number of carbonyl (C=O) groups excluding carboxylic acids is 1. The summed E-state index contributed by atoms with van der Waals surface area (Å²) in [6.45, 7) is 3.76. The largest absolute Gasteiger partial charge is 0.450 e. The molecule has 0 saturated heterocycles. The number of aromatic nitrogens is 1. The van der Waals surface area contributed by atoms with Crippen molar-refractivity contribution in [3.63, 3.8) is 0 Å². The number of carbonyl (C=O) groups is 1. The maximum atomic E-state index is 13.6. The first-order chi connectivity index (χ1) is 14.5. The summed E-state index contributed by atoms with van der Waals surface area (Å²) in [5, 5.41) is 5.03. The molecule has 1 atom stereocenters. The minimum atomic E-state index is -0.694. The molecule has 2 aromatic carbocycles. The quantitative estimate of drug-likeness (QED) is 0.463. The second-order valence-corrected chi connectivity index (χ2v) is 7.72. The zero-order valence-electron chi connectivity index (χ0n) is 16.3. The second kappa shape index (κ2) is 6.85. The lowest BCUT2D eigenvalue weighted by Crippen LogP contribution is -2.29. The highest BCUT2D eigenvalue weighted by Gasteiger charge is 2.44. The van der Waals surface area contributed by atoms with Gasteiger partial charge in [-0.05, 0) is 48.7 Å². The molecule has 0 saturated carbocycles. The van der Waals surface area contributed by atoms with Crippen LogP contribution in [-0.2, 0) is 6.42 Å². The van der Waals surface area contributed by atoms with Gasteiger partial charge in [-0.2, -0.15) is 0 Å². The van der Waals surface area contributed by atoms with Crippen molar-refractivity contribution in [1.29, 1.82) is 0 Å². The van der Waals surface area contributed by atoms with Crippen LogP contribution in [0.2, 0.25) is 5.02 Å². The molecule has 2 aromatic heterocycles. The number of hydrogen-bond acceptors (Lipinski definition) is 5. The van der Waals surface area contributed by atoms with E-state index in [1.807, 2.05) is 19.1 Å². The molecule has 5 rings (SSSR count). The van der Waals surface area contributed by atoms with Crippen molar-refractivity contribution in [3.8, 4) is 0 Å². The van der Waals surface area contributed by atoms with E-state index in [0.29, 0.717) is 33.1 Å². The summed E-state index contributed by atoms with van der Waals surface area (Å²) in [7, 11) is 0. The van der Waals surface area contributed by atoms with E-state index < -0.39 is 11.9 Å². The van der Waals surface area contributed by atoms with Gasteiger partial charge >= 0.3 is 0 Å². The highest BCUT2D eigenvalue weighted by Crippen LogP contribution is 2.41. The van der Waals surface area contributed by atoms with E-state index in [2.05, 4.69) is 5.16 Å². The van der Waals surface area contributed by atoms with E-state index in [0.717, 1.165) is 17.5 Å². The molecule has 1 aliphatic rings. The number of rotatable bonds is 3. The first kappa shape index (κ1) is 18.6. The number of fused-ring (bicyclic) bond motifs is 2. The lowest BCUT2D eigenvalue weighted by molar-refractivity contribution is 0.0969. The van der Waals surface area contributed by atoms with Crippen LogP contribution < -0.4 is 10.3 Å². The van der Waals surface area contributed by atoms with Crippen LogP contribution in [0.4, 0.5) is 5.82 Å². The standard InChI is InChI=1S/C23H17ClN2O4/c1-3-13-4-9-17-16(11-13)21(27)19-20(14-5-7-15(24)8-6-14)26(23(28)22(19)29-17)18-10-12(2)30-25-18/h4-11,20H,3H2,1-2H3.